The molecule has 4 rings (SSSR count). The molecular formula is C18H22N2O4. The largest absolute Gasteiger partial charge is 0.491 e. The topological polar surface area (TPSA) is 70.1 Å². The molecule has 0 radical (unpaired) electrons. The smallest absolute Gasteiger partial charge is 0.336 e. The Labute approximate surface area is 141 Å². The summed E-state index contributed by atoms with van der Waals surface area (Å²) in [5, 5.41) is 9.41. The van der Waals surface area contributed by atoms with Gasteiger partial charge in [0.25, 0.3) is 0 Å². The zero-order chi connectivity index (χ0) is 16.7. The maximum absolute atomic E-state index is 12.9. The summed E-state index contributed by atoms with van der Waals surface area (Å²) in [5.74, 6) is 0.891. The lowest BCUT2D eigenvalue weighted by atomic mass is 10.0. The van der Waals surface area contributed by atoms with Crippen molar-refractivity contribution in [2.24, 2.45) is 11.8 Å². The van der Waals surface area contributed by atoms with E-state index >= 15 is 0 Å². The van der Waals surface area contributed by atoms with Crippen LogP contribution in [0.15, 0.2) is 18.2 Å². The molecule has 1 aromatic rings. The number of carbonyl (C=O) groups excluding carboxylic acids is 1. The highest BCUT2D eigenvalue weighted by Crippen LogP contribution is 2.38. The minimum Gasteiger partial charge on any atom is -0.491 e. The van der Waals surface area contributed by atoms with Crippen molar-refractivity contribution in [1.29, 1.82) is 0 Å². The first-order valence-corrected chi connectivity index (χ1v) is 8.65. The van der Waals surface area contributed by atoms with Gasteiger partial charge in [-0.15, -0.1) is 0 Å². The zero-order valence-electron chi connectivity index (χ0n) is 13.6. The Morgan fingerprint density at radius 3 is 2.58 bits per heavy atom. The number of nitrogens with zero attached hydrogens (tertiary/aromatic N) is 2. The van der Waals surface area contributed by atoms with E-state index in [4.69, 9.17) is 4.74 Å². The molecule has 1 N–H and O–H groups in total. The summed E-state index contributed by atoms with van der Waals surface area (Å²) in [7, 11) is 0. The second-order valence-corrected chi connectivity index (χ2v) is 7.00. The van der Waals surface area contributed by atoms with E-state index < -0.39 is 5.97 Å². The number of hydrogen-bond donors (Lipinski definition) is 1. The second-order valence-electron chi connectivity index (χ2n) is 7.00. The van der Waals surface area contributed by atoms with Crippen LogP contribution in [-0.4, -0.2) is 53.1 Å². The van der Waals surface area contributed by atoms with Gasteiger partial charge in [0, 0.05) is 18.7 Å². The van der Waals surface area contributed by atoms with Gasteiger partial charge in [-0.25, -0.2) is 9.59 Å². The van der Waals surface area contributed by atoms with Crippen LogP contribution in [0.2, 0.25) is 0 Å². The maximum Gasteiger partial charge on any atom is 0.336 e. The lowest BCUT2D eigenvalue weighted by molar-refractivity contribution is 0.0694. The molecule has 1 aliphatic carbocycles. The molecule has 6 heteroatoms. The number of carbonyl (C=O) groups is 2. The average molecular weight is 330 g/mol. The third-order valence-corrected chi connectivity index (χ3v) is 5.60. The molecule has 2 fully saturated rings. The number of fused-ring (bicyclic) bond motifs is 2. The summed E-state index contributed by atoms with van der Waals surface area (Å²) in [6.45, 7) is 2.85. The van der Waals surface area contributed by atoms with Gasteiger partial charge in [-0.05, 0) is 36.8 Å². The minimum absolute atomic E-state index is 0.0149. The number of urea groups is 1. The fourth-order valence-electron chi connectivity index (χ4n) is 4.35. The number of rotatable bonds is 1. The number of benzene rings is 1. The number of likely N-dealkylation sites (tertiary alicyclic amines) is 1. The first-order chi connectivity index (χ1) is 11.6. The lowest BCUT2D eigenvalue weighted by Crippen LogP contribution is -2.43. The predicted octanol–water partition coefficient (Wildman–Crippen LogP) is 2.43. The van der Waals surface area contributed by atoms with Gasteiger partial charge >= 0.3 is 12.0 Å². The normalized spacial score (nSPS) is 25.7. The van der Waals surface area contributed by atoms with Crippen molar-refractivity contribution in [3.63, 3.8) is 0 Å². The highest BCUT2D eigenvalue weighted by atomic mass is 16.5. The van der Waals surface area contributed by atoms with E-state index in [2.05, 4.69) is 0 Å². The van der Waals surface area contributed by atoms with Gasteiger partial charge in [0.15, 0.2) is 0 Å². The van der Waals surface area contributed by atoms with E-state index in [0.717, 1.165) is 13.1 Å². The van der Waals surface area contributed by atoms with E-state index in [1.807, 2.05) is 4.90 Å². The third-order valence-electron chi connectivity index (χ3n) is 5.60. The van der Waals surface area contributed by atoms with Crippen molar-refractivity contribution >= 4 is 12.0 Å². The van der Waals surface area contributed by atoms with Crippen molar-refractivity contribution in [1.82, 2.24) is 9.80 Å². The Hall–Kier alpha value is -2.24. The molecule has 0 unspecified atom stereocenters. The molecule has 128 valence electrons. The lowest BCUT2D eigenvalue weighted by Gasteiger charge is -2.27. The van der Waals surface area contributed by atoms with Crippen LogP contribution >= 0.6 is 0 Å². The Balaban J connectivity index is 1.55. The monoisotopic (exact) mass is 330 g/mol. The van der Waals surface area contributed by atoms with Crippen LogP contribution in [-0.2, 0) is 6.54 Å². The first kappa shape index (κ1) is 15.3. The van der Waals surface area contributed by atoms with Crippen LogP contribution in [0.5, 0.6) is 5.75 Å². The first-order valence-electron chi connectivity index (χ1n) is 8.65. The number of carboxylic acids is 1. The van der Waals surface area contributed by atoms with Crippen molar-refractivity contribution in [2.45, 2.75) is 25.8 Å². The molecule has 24 heavy (non-hydrogen) atoms. The van der Waals surface area contributed by atoms with E-state index in [1.54, 1.807) is 23.1 Å². The third kappa shape index (κ3) is 2.60. The molecular weight excluding hydrogens is 308 g/mol. The van der Waals surface area contributed by atoms with E-state index in [9.17, 15) is 14.7 Å². The maximum atomic E-state index is 12.9. The number of carboxylic acid groups (broad SMARTS) is 1. The van der Waals surface area contributed by atoms with E-state index in [-0.39, 0.29) is 11.6 Å². The molecule has 3 aliphatic rings. The fourth-order valence-corrected chi connectivity index (χ4v) is 4.35. The summed E-state index contributed by atoms with van der Waals surface area (Å²) < 4.78 is 5.68. The highest BCUT2D eigenvalue weighted by Gasteiger charge is 2.39. The second kappa shape index (κ2) is 6.00. The standard InChI is InChI=1S/C18H22N2O4/c21-17(22)14-5-2-6-16-15(14)11-19(7-8-24-16)18(23)20-9-12-3-1-4-13(12)10-20/h2,5-6,12-13H,1,3-4,7-11H2,(H,21,22)/t12-,13+. The zero-order valence-corrected chi connectivity index (χ0v) is 13.6. The van der Waals surface area contributed by atoms with Crippen LogP contribution in [0, 0.1) is 11.8 Å². The Kier molecular flexibility index (Phi) is 3.82. The van der Waals surface area contributed by atoms with Crippen molar-refractivity contribution in [3.05, 3.63) is 29.3 Å². The Bertz CT molecular complexity index is 663. The number of ether oxygens (including phenoxy) is 1. The van der Waals surface area contributed by atoms with Gasteiger partial charge in [0.2, 0.25) is 0 Å². The average Bonchev–Trinajstić information content (AvgIpc) is 3.08. The summed E-state index contributed by atoms with van der Waals surface area (Å²) in [6, 6.07) is 5.04. The van der Waals surface area contributed by atoms with Crippen LogP contribution in [0.1, 0.15) is 35.2 Å². The summed E-state index contributed by atoms with van der Waals surface area (Å²) in [4.78, 5) is 28.1. The molecule has 2 heterocycles. The summed E-state index contributed by atoms with van der Waals surface area (Å²) in [6.07, 6.45) is 3.73. The molecule has 2 amide bonds. The van der Waals surface area contributed by atoms with Crippen LogP contribution in [0.25, 0.3) is 0 Å². The molecule has 1 saturated heterocycles. The van der Waals surface area contributed by atoms with Gasteiger partial charge in [0.05, 0.1) is 18.7 Å². The molecule has 2 aliphatic heterocycles. The van der Waals surface area contributed by atoms with Crippen LogP contribution in [0.3, 0.4) is 0 Å². The quantitative estimate of drug-likeness (QED) is 0.858. The molecule has 6 nitrogen and oxygen atoms in total. The number of amides is 2. The molecule has 1 aromatic carbocycles. The van der Waals surface area contributed by atoms with Crippen LogP contribution in [0.4, 0.5) is 4.79 Å². The van der Waals surface area contributed by atoms with E-state index in [1.165, 1.54) is 19.3 Å². The summed E-state index contributed by atoms with van der Waals surface area (Å²) in [5.41, 5.74) is 0.806. The molecule has 0 bridgehead atoms. The highest BCUT2D eigenvalue weighted by molar-refractivity contribution is 5.90. The number of aromatic carboxylic acids is 1. The van der Waals surface area contributed by atoms with Gasteiger partial charge in [0.1, 0.15) is 12.4 Å². The van der Waals surface area contributed by atoms with Crippen molar-refractivity contribution in [3.8, 4) is 5.75 Å². The van der Waals surface area contributed by atoms with Gasteiger partial charge in [-0.2, -0.15) is 0 Å². The summed E-state index contributed by atoms with van der Waals surface area (Å²) >= 11 is 0. The molecule has 2 atom stereocenters. The number of hydrogen-bond acceptors (Lipinski definition) is 3. The van der Waals surface area contributed by atoms with Crippen LogP contribution < -0.4 is 4.74 Å². The minimum atomic E-state index is -0.986. The predicted molar refractivity (Wildman–Crippen MR) is 87.1 cm³/mol. The van der Waals surface area contributed by atoms with Crippen molar-refractivity contribution in [2.75, 3.05) is 26.2 Å². The Morgan fingerprint density at radius 1 is 1.12 bits per heavy atom. The molecule has 1 saturated carbocycles. The van der Waals surface area contributed by atoms with E-state index in [0.29, 0.717) is 42.8 Å². The molecule has 0 spiro atoms. The van der Waals surface area contributed by atoms with Gasteiger partial charge in [-0.1, -0.05) is 12.5 Å². The molecule has 0 aromatic heterocycles. The SMILES string of the molecule is O=C(O)c1cccc2c1CN(C(=O)N1C[C@H]3CCC[C@H]3C1)CCO2. The fraction of sp³-hybridized carbons (Fsp3) is 0.556. The van der Waals surface area contributed by atoms with Crippen molar-refractivity contribution < 1.29 is 19.4 Å². The van der Waals surface area contributed by atoms with Gasteiger partial charge in [-0.3, -0.25) is 0 Å². The Morgan fingerprint density at radius 2 is 1.88 bits per heavy atom. The van der Waals surface area contributed by atoms with Gasteiger partial charge < -0.3 is 19.6 Å².